The minimum atomic E-state index is -0.706. The van der Waals surface area contributed by atoms with Crippen molar-refractivity contribution in [1.82, 2.24) is 0 Å². The fourth-order valence-electron chi connectivity index (χ4n) is 1.04. The Labute approximate surface area is 93.8 Å². The third-order valence-electron chi connectivity index (χ3n) is 1.65. The van der Waals surface area contributed by atoms with E-state index < -0.39 is 5.91 Å². The quantitative estimate of drug-likeness (QED) is 0.655. The molecule has 1 rings (SSSR count). The van der Waals surface area contributed by atoms with Crippen molar-refractivity contribution < 1.29 is 9.59 Å². The van der Waals surface area contributed by atoms with Gasteiger partial charge in [0.25, 0.3) is 0 Å². The Morgan fingerprint density at radius 1 is 1.57 bits per heavy atom. The van der Waals surface area contributed by atoms with Gasteiger partial charge in [-0.1, -0.05) is 0 Å². The zero-order chi connectivity index (χ0) is 10.7. The molecule has 0 saturated carbocycles. The third kappa shape index (κ3) is 1.90. The van der Waals surface area contributed by atoms with Crippen molar-refractivity contribution in [3.8, 4) is 6.07 Å². The van der Waals surface area contributed by atoms with Gasteiger partial charge in [-0.15, -0.1) is 0 Å². The highest BCUT2D eigenvalue weighted by Gasteiger charge is 2.13. The van der Waals surface area contributed by atoms with E-state index in [2.05, 4.69) is 0 Å². The fraction of sp³-hybridized carbons (Fsp3) is 0. The highest BCUT2D eigenvalue weighted by Crippen LogP contribution is 2.16. The minimum Gasteiger partial charge on any atom is -0.366 e. The van der Waals surface area contributed by atoms with E-state index in [0.717, 1.165) is 0 Å². The molecule has 1 amide bonds. The number of benzene rings is 1. The van der Waals surface area contributed by atoms with Crippen molar-refractivity contribution in [3.05, 3.63) is 32.4 Å². The molecule has 0 unspecified atom stereocenters. The Bertz CT molecular complexity index is 449. The second-order valence-corrected chi connectivity index (χ2v) is 3.75. The van der Waals surface area contributed by atoms with Crippen LogP contribution in [0, 0.1) is 14.9 Å². The predicted molar refractivity (Wildman–Crippen MR) is 57.8 cm³/mol. The molecular weight excluding hydrogens is 295 g/mol. The summed E-state index contributed by atoms with van der Waals surface area (Å²) in [5, 5.41) is 8.72. The molecule has 1 aromatic carbocycles. The molecule has 0 fully saturated rings. The van der Waals surface area contributed by atoms with E-state index in [1.54, 1.807) is 0 Å². The number of nitrogens with two attached hydrogens (primary N) is 1. The molecule has 0 aliphatic rings. The zero-order valence-electron chi connectivity index (χ0n) is 6.95. The highest BCUT2D eigenvalue weighted by atomic mass is 127. The summed E-state index contributed by atoms with van der Waals surface area (Å²) < 4.78 is 0.693. The summed E-state index contributed by atoms with van der Waals surface area (Å²) in [6.45, 7) is 0. The summed E-state index contributed by atoms with van der Waals surface area (Å²) in [4.78, 5) is 21.6. The molecule has 4 nitrogen and oxygen atoms in total. The molecule has 0 atom stereocenters. The molecule has 0 aromatic heterocycles. The lowest BCUT2D eigenvalue weighted by Gasteiger charge is -2.03. The zero-order valence-corrected chi connectivity index (χ0v) is 9.11. The summed E-state index contributed by atoms with van der Waals surface area (Å²) in [6, 6.07) is 4.84. The van der Waals surface area contributed by atoms with Crippen molar-refractivity contribution in [1.29, 1.82) is 5.26 Å². The number of nitriles is 1. The van der Waals surface area contributed by atoms with Gasteiger partial charge in [0.05, 0.1) is 17.2 Å². The first kappa shape index (κ1) is 10.7. The van der Waals surface area contributed by atoms with Gasteiger partial charge in [0.2, 0.25) is 5.91 Å². The molecule has 70 valence electrons. The smallest absolute Gasteiger partial charge is 0.249 e. The fourth-order valence-corrected chi connectivity index (χ4v) is 1.66. The number of carbonyl (C=O) groups excluding carboxylic acids is 2. The first-order chi connectivity index (χ1) is 6.60. The van der Waals surface area contributed by atoms with Crippen molar-refractivity contribution in [2.45, 2.75) is 0 Å². The minimum absolute atomic E-state index is 0.0559. The number of rotatable bonds is 2. The van der Waals surface area contributed by atoms with Gasteiger partial charge < -0.3 is 5.73 Å². The van der Waals surface area contributed by atoms with Crippen LogP contribution in [0.25, 0.3) is 0 Å². The number of halogens is 1. The maximum absolute atomic E-state index is 11.0. The molecule has 5 heteroatoms. The number of hydrogen-bond donors (Lipinski definition) is 1. The van der Waals surface area contributed by atoms with E-state index in [4.69, 9.17) is 11.0 Å². The SMILES string of the molecule is N#Cc1cc(I)cc(C(N)=O)c1C=O. The molecular formula is C9H5IN2O2. The largest absolute Gasteiger partial charge is 0.366 e. The average molecular weight is 300 g/mol. The van der Waals surface area contributed by atoms with Crippen molar-refractivity contribution in [3.63, 3.8) is 0 Å². The Balaban J connectivity index is 3.57. The molecule has 1 aromatic rings. The Kier molecular flexibility index (Phi) is 3.19. The lowest BCUT2D eigenvalue weighted by atomic mass is 10.0. The van der Waals surface area contributed by atoms with E-state index in [1.807, 2.05) is 28.7 Å². The van der Waals surface area contributed by atoms with Crippen LogP contribution in [0.4, 0.5) is 0 Å². The van der Waals surface area contributed by atoms with E-state index >= 15 is 0 Å². The Morgan fingerprint density at radius 3 is 2.64 bits per heavy atom. The number of aldehydes is 1. The Hall–Kier alpha value is -1.42. The van der Waals surface area contributed by atoms with Gasteiger partial charge in [0.15, 0.2) is 6.29 Å². The van der Waals surface area contributed by atoms with Gasteiger partial charge in [-0.25, -0.2) is 0 Å². The van der Waals surface area contributed by atoms with Crippen LogP contribution in [-0.2, 0) is 0 Å². The molecule has 0 radical (unpaired) electrons. The summed E-state index contributed by atoms with van der Waals surface area (Å²) in [5.74, 6) is -0.706. The number of primary amides is 1. The average Bonchev–Trinajstić information content (AvgIpc) is 2.16. The summed E-state index contributed by atoms with van der Waals surface area (Å²) in [5.41, 5.74) is 5.38. The van der Waals surface area contributed by atoms with E-state index in [1.165, 1.54) is 12.1 Å². The topological polar surface area (TPSA) is 83.9 Å². The van der Waals surface area contributed by atoms with Gasteiger partial charge in [-0.3, -0.25) is 9.59 Å². The molecule has 0 heterocycles. The van der Waals surface area contributed by atoms with Crippen LogP contribution < -0.4 is 5.73 Å². The first-order valence-corrected chi connectivity index (χ1v) is 4.66. The van der Waals surface area contributed by atoms with Gasteiger partial charge in [-0.05, 0) is 34.7 Å². The number of carbonyl (C=O) groups is 2. The van der Waals surface area contributed by atoms with Crippen LogP contribution in [-0.4, -0.2) is 12.2 Å². The summed E-state index contributed by atoms with van der Waals surface area (Å²) in [7, 11) is 0. The number of nitrogens with zero attached hydrogens (tertiary/aromatic N) is 1. The van der Waals surface area contributed by atoms with Crippen LogP contribution in [0.5, 0.6) is 0 Å². The predicted octanol–water partition coefficient (Wildman–Crippen LogP) is 1.07. The molecule has 0 spiro atoms. The molecule has 14 heavy (non-hydrogen) atoms. The number of amides is 1. The highest BCUT2D eigenvalue weighted by molar-refractivity contribution is 14.1. The van der Waals surface area contributed by atoms with Crippen LogP contribution in [0.2, 0.25) is 0 Å². The molecule has 0 bridgehead atoms. The van der Waals surface area contributed by atoms with E-state index in [9.17, 15) is 9.59 Å². The normalized spacial score (nSPS) is 9.14. The van der Waals surface area contributed by atoms with Crippen LogP contribution in [0.1, 0.15) is 26.3 Å². The number of hydrogen-bond acceptors (Lipinski definition) is 3. The van der Waals surface area contributed by atoms with Gasteiger partial charge in [0, 0.05) is 9.13 Å². The lowest BCUT2D eigenvalue weighted by molar-refractivity contribution is 0.0993. The summed E-state index contributed by atoms with van der Waals surface area (Å²) >= 11 is 1.95. The standard InChI is InChI=1S/C9H5IN2O2/c10-6-1-5(3-11)8(4-13)7(2-6)9(12)14/h1-2,4H,(H2,12,14). The van der Waals surface area contributed by atoms with E-state index in [0.29, 0.717) is 9.86 Å². The maximum atomic E-state index is 11.0. The van der Waals surface area contributed by atoms with Crippen molar-refractivity contribution >= 4 is 34.8 Å². The molecule has 2 N–H and O–H groups in total. The molecule has 0 aliphatic carbocycles. The van der Waals surface area contributed by atoms with Crippen LogP contribution >= 0.6 is 22.6 Å². The second kappa shape index (κ2) is 4.19. The molecule has 0 aliphatic heterocycles. The van der Waals surface area contributed by atoms with Gasteiger partial charge in [0.1, 0.15) is 0 Å². The van der Waals surface area contributed by atoms with Crippen LogP contribution in [0.3, 0.4) is 0 Å². The van der Waals surface area contributed by atoms with Crippen molar-refractivity contribution in [2.75, 3.05) is 0 Å². The molecule has 0 saturated heterocycles. The van der Waals surface area contributed by atoms with Crippen molar-refractivity contribution in [2.24, 2.45) is 5.73 Å². The lowest BCUT2D eigenvalue weighted by Crippen LogP contribution is -2.15. The van der Waals surface area contributed by atoms with Gasteiger partial charge in [-0.2, -0.15) is 5.26 Å². The third-order valence-corrected chi connectivity index (χ3v) is 2.27. The maximum Gasteiger partial charge on any atom is 0.249 e. The summed E-state index contributed by atoms with van der Waals surface area (Å²) in [6.07, 6.45) is 0.467. The monoisotopic (exact) mass is 300 g/mol. The van der Waals surface area contributed by atoms with E-state index in [-0.39, 0.29) is 16.7 Å². The Morgan fingerprint density at radius 2 is 2.21 bits per heavy atom. The first-order valence-electron chi connectivity index (χ1n) is 3.58. The van der Waals surface area contributed by atoms with Gasteiger partial charge >= 0.3 is 0 Å². The van der Waals surface area contributed by atoms with Crippen LogP contribution in [0.15, 0.2) is 12.1 Å². The second-order valence-electron chi connectivity index (χ2n) is 2.51.